The fraction of sp³-hybridized carbons (Fsp3) is 0. The topological polar surface area (TPSA) is 63.6 Å². The molecule has 0 spiro atoms. The molecule has 1 aromatic carbocycles. The number of pyridine rings is 1. The first-order valence-electron chi connectivity index (χ1n) is 5.30. The lowest BCUT2D eigenvalue weighted by Gasteiger charge is -2.01. The van der Waals surface area contributed by atoms with Gasteiger partial charge in [0.1, 0.15) is 5.75 Å². The van der Waals surface area contributed by atoms with Crippen LogP contribution >= 0.6 is 0 Å². The molecule has 0 fully saturated rings. The lowest BCUT2D eigenvalue weighted by Crippen LogP contribution is -2.21. The van der Waals surface area contributed by atoms with E-state index >= 15 is 0 Å². The van der Waals surface area contributed by atoms with Crippen LogP contribution in [-0.2, 0) is 0 Å². The van der Waals surface area contributed by atoms with Crippen LogP contribution in [0.1, 0.15) is 5.56 Å². The first-order chi connectivity index (χ1) is 8.84. The van der Waals surface area contributed by atoms with Crippen molar-refractivity contribution in [1.29, 1.82) is 0 Å². The van der Waals surface area contributed by atoms with Crippen molar-refractivity contribution in [2.75, 3.05) is 0 Å². The summed E-state index contributed by atoms with van der Waals surface area (Å²) in [5.41, 5.74) is 3.11. The third-order valence-electron chi connectivity index (χ3n) is 2.03. The number of carbonyl (C=O) groups excluding carboxylic acids is 1. The highest BCUT2D eigenvalue weighted by Gasteiger charge is 2.00. The summed E-state index contributed by atoms with van der Waals surface area (Å²) < 4.78 is 4.98. The van der Waals surface area contributed by atoms with Gasteiger partial charge in [-0.2, -0.15) is 5.10 Å². The van der Waals surface area contributed by atoms with Gasteiger partial charge in [0.2, 0.25) is 0 Å². The molecule has 1 N–H and O–H groups in total. The number of hydrazone groups is 1. The number of aromatic nitrogens is 1. The molecule has 1 heterocycles. The third-order valence-corrected chi connectivity index (χ3v) is 2.03. The van der Waals surface area contributed by atoms with Crippen LogP contribution in [0.5, 0.6) is 5.75 Å². The van der Waals surface area contributed by atoms with Crippen molar-refractivity contribution >= 4 is 12.3 Å². The van der Waals surface area contributed by atoms with E-state index in [1.807, 2.05) is 6.07 Å². The number of carbonyl (C=O) groups is 1. The minimum atomic E-state index is -0.633. The van der Waals surface area contributed by atoms with Crippen LogP contribution in [0.25, 0.3) is 0 Å². The van der Waals surface area contributed by atoms with Crippen LogP contribution in [0, 0.1) is 0 Å². The van der Waals surface area contributed by atoms with Crippen LogP contribution in [0.3, 0.4) is 0 Å². The van der Waals surface area contributed by atoms with Crippen molar-refractivity contribution in [3.63, 3.8) is 0 Å². The molecule has 0 saturated heterocycles. The van der Waals surface area contributed by atoms with Crippen LogP contribution in [0.2, 0.25) is 0 Å². The zero-order valence-corrected chi connectivity index (χ0v) is 9.48. The van der Waals surface area contributed by atoms with E-state index in [0.29, 0.717) is 5.75 Å². The minimum absolute atomic E-state index is 0.467. The predicted octanol–water partition coefficient (Wildman–Crippen LogP) is 2.20. The molecule has 90 valence electrons. The second-order valence-corrected chi connectivity index (χ2v) is 3.35. The number of hydrogen-bond donors (Lipinski definition) is 1. The van der Waals surface area contributed by atoms with Gasteiger partial charge in [0.05, 0.1) is 6.21 Å². The average molecular weight is 241 g/mol. The maximum Gasteiger partial charge on any atom is 0.433 e. The standard InChI is InChI=1S/C13H11N3O2/c17-13(18-12-4-2-1-3-5-12)16-15-10-11-6-8-14-9-7-11/h1-10H,(H,16,17). The van der Waals surface area contributed by atoms with E-state index in [0.717, 1.165) is 5.56 Å². The van der Waals surface area contributed by atoms with Crippen molar-refractivity contribution in [3.05, 3.63) is 60.4 Å². The lowest BCUT2D eigenvalue weighted by atomic mass is 10.3. The van der Waals surface area contributed by atoms with E-state index < -0.39 is 6.09 Å². The number of para-hydroxylation sites is 1. The van der Waals surface area contributed by atoms with Gasteiger partial charge in [0.15, 0.2) is 0 Å². The number of hydrogen-bond acceptors (Lipinski definition) is 4. The molecule has 0 atom stereocenters. The van der Waals surface area contributed by atoms with Gasteiger partial charge in [-0.15, -0.1) is 0 Å². The van der Waals surface area contributed by atoms with Gasteiger partial charge in [-0.05, 0) is 29.8 Å². The van der Waals surface area contributed by atoms with Gasteiger partial charge < -0.3 is 4.74 Å². The summed E-state index contributed by atoms with van der Waals surface area (Å²) in [6, 6.07) is 12.3. The number of nitrogens with zero attached hydrogens (tertiary/aromatic N) is 2. The zero-order valence-electron chi connectivity index (χ0n) is 9.48. The van der Waals surface area contributed by atoms with Crippen LogP contribution in [0.4, 0.5) is 4.79 Å². The summed E-state index contributed by atoms with van der Waals surface area (Å²) in [6.07, 6.45) is 4.16. The Bertz CT molecular complexity index is 526. The highest BCUT2D eigenvalue weighted by Crippen LogP contribution is 2.07. The molecule has 18 heavy (non-hydrogen) atoms. The molecular weight excluding hydrogens is 230 g/mol. The first-order valence-corrected chi connectivity index (χ1v) is 5.30. The van der Waals surface area contributed by atoms with Gasteiger partial charge in [0, 0.05) is 12.4 Å². The Kier molecular flexibility index (Phi) is 4.02. The summed E-state index contributed by atoms with van der Waals surface area (Å²) in [4.78, 5) is 15.2. The summed E-state index contributed by atoms with van der Waals surface area (Å²) in [7, 11) is 0. The Balaban J connectivity index is 1.84. The largest absolute Gasteiger partial charge is 0.433 e. The van der Waals surface area contributed by atoms with Crippen LogP contribution < -0.4 is 10.2 Å². The van der Waals surface area contributed by atoms with Crippen molar-refractivity contribution in [1.82, 2.24) is 10.4 Å². The van der Waals surface area contributed by atoms with E-state index in [-0.39, 0.29) is 0 Å². The smallest absolute Gasteiger partial charge is 0.409 e. The number of ether oxygens (including phenoxy) is 1. The maximum atomic E-state index is 11.3. The molecule has 5 heteroatoms. The molecule has 1 aromatic heterocycles. The maximum absolute atomic E-state index is 11.3. The third kappa shape index (κ3) is 3.71. The van der Waals surface area contributed by atoms with E-state index in [9.17, 15) is 4.79 Å². The van der Waals surface area contributed by atoms with Gasteiger partial charge in [-0.3, -0.25) is 4.98 Å². The van der Waals surface area contributed by atoms with Crippen molar-refractivity contribution in [3.8, 4) is 5.75 Å². The Hall–Kier alpha value is -2.69. The molecule has 0 radical (unpaired) electrons. The van der Waals surface area contributed by atoms with Crippen molar-refractivity contribution in [2.45, 2.75) is 0 Å². The summed E-state index contributed by atoms with van der Waals surface area (Å²) in [6.45, 7) is 0. The molecule has 0 aliphatic rings. The first kappa shape index (κ1) is 11.8. The monoisotopic (exact) mass is 241 g/mol. The summed E-state index contributed by atoms with van der Waals surface area (Å²) in [5, 5.41) is 3.76. The zero-order chi connectivity index (χ0) is 12.6. The predicted molar refractivity (Wildman–Crippen MR) is 67.4 cm³/mol. The van der Waals surface area contributed by atoms with Gasteiger partial charge in [-0.25, -0.2) is 10.2 Å². The molecule has 0 aliphatic carbocycles. The Morgan fingerprint density at radius 1 is 1.17 bits per heavy atom. The molecule has 1 amide bonds. The highest BCUT2D eigenvalue weighted by atomic mass is 16.6. The molecule has 0 unspecified atom stereocenters. The molecule has 0 bridgehead atoms. The van der Waals surface area contributed by atoms with Gasteiger partial charge in [0.25, 0.3) is 0 Å². The fourth-order valence-corrected chi connectivity index (χ4v) is 1.23. The van der Waals surface area contributed by atoms with Gasteiger partial charge in [-0.1, -0.05) is 18.2 Å². The Morgan fingerprint density at radius 2 is 1.89 bits per heavy atom. The average Bonchev–Trinajstić information content (AvgIpc) is 2.41. The molecule has 2 rings (SSSR count). The molecule has 2 aromatic rings. The lowest BCUT2D eigenvalue weighted by molar-refractivity contribution is 0.201. The van der Waals surface area contributed by atoms with Crippen molar-refractivity contribution in [2.24, 2.45) is 5.10 Å². The number of amides is 1. The second kappa shape index (κ2) is 6.15. The molecular formula is C13H11N3O2. The molecule has 5 nitrogen and oxygen atoms in total. The number of nitrogens with one attached hydrogen (secondary N) is 1. The normalized spacial score (nSPS) is 10.2. The van der Waals surface area contributed by atoms with E-state index in [2.05, 4.69) is 15.5 Å². The number of benzene rings is 1. The SMILES string of the molecule is O=C(NN=Cc1ccncc1)Oc1ccccc1. The summed E-state index contributed by atoms with van der Waals surface area (Å²) in [5.74, 6) is 0.467. The molecule has 0 saturated carbocycles. The highest BCUT2D eigenvalue weighted by molar-refractivity contribution is 5.80. The van der Waals surface area contributed by atoms with Crippen molar-refractivity contribution < 1.29 is 9.53 Å². The fourth-order valence-electron chi connectivity index (χ4n) is 1.23. The van der Waals surface area contributed by atoms with Gasteiger partial charge >= 0.3 is 6.09 Å². The second-order valence-electron chi connectivity index (χ2n) is 3.35. The van der Waals surface area contributed by atoms with E-state index in [1.165, 1.54) is 6.21 Å². The van der Waals surface area contributed by atoms with E-state index in [4.69, 9.17) is 4.74 Å². The van der Waals surface area contributed by atoms with Crippen LogP contribution in [0.15, 0.2) is 60.0 Å². The Labute approximate surface area is 104 Å². The number of rotatable bonds is 3. The molecule has 0 aliphatic heterocycles. The van der Waals surface area contributed by atoms with E-state index in [1.54, 1.807) is 48.8 Å². The minimum Gasteiger partial charge on any atom is -0.409 e. The Morgan fingerprint density at radius 3 is 2.61 bits per heavy atom. The van der Waals surface area contributed by atoms with Crippen LogP contribution in [-0.4, -0.2) is 17.3 Å². The quantitative estimate of drug-likeness (QED) is 0.661. The summed E-state index contributed by atoms with van der Waals surface area (Å²) >= 11 is 0.